The van der Waals surface area contributed by atoms with Crippen LogP contribution in [-0.2, 0) is 11.8 Å². The maximum absolute atomic E-state index is 12.1. The standard InChI is InChI=1S/C20H19N5O4S/c1-12-4-3-5-13(8-12)18-23-24-20(25(18)2)30-10-17(26)22-19(27)21-14-6-7-15-16(9-14)29-11-28-15/h3-9H,10-11H2,1-2H3,(H2,21,22,26,27). The molecule has 2 heterocycles. The molecule has 4 rings (SSSR count). The topological polar surface area (TPSA) is 107 Å². The molecule has 0 atom stereocenters. The number of nitrogens with zero attached hydrogens (tertiary/aromatic N) is 3. The molecule has 1 aromatic heterocycles. The van der Waals surface area contributed by atoms with Gasteiger partial charge in [-0.2, -0.15) is 0 Å². The first kappa shape index (κ1) is 19.8. The van der Waals surface area contributed by atoms with Crippen LogP contribution in [0.2, 0.25) is 0 Å². The van der Waals surface area contributed by atoms with Gasteiger partial charge in [0.1, 0.15) is 0 Å². The van der Waals surface area contributed by atoms with Crippen LogP contribution in [0.3, 0.4) is 0 Å². The van der Waals surface area contributed by atoms with Crippen LogP contribution in [0.1, 0.15) is 5.56 Å². The largest absolute Gasteiger partial charge is 0.454 e. The first-order chi connectivity index (χ1) is 14.5. The number of fused-ring (bicyclic) bond motifs is 1. The second kappa shape index (κ2) is 8.46. The van der Waals surface area contributed by atoms with Gasteiger partial charge >= 0.3 is 6.03 Å². The fourth-order valence-electron chi connectivity index (χ4n) is 2.91. The summed E-state index contributed by atoms with van der Waals surface area (Å²) in [5.41, 5.74) is 2.57. The lowest BCUT2D eigenvalue weighted by Crippen LogP contribution is -2.35. The first-order valence-electron chi connectivity index (χ1n) is 9.09. The summed E-state index contributed by atoms with van der Waals surface area (Å²) in [4.78, 5) is 24.2. The zero-order valence-electron chi connectivity index (χ0n) is 16.3. The molecular formula is C20H19N5O4S. The van der Waals surface area contributed by atoms with E-state index in [-0.39, 0.29) is 12.5 Å². The number of aryl methyl sites for hydroxylation is 1. The maximum atomic E-state index is 12.1. The van der Waals surface area contributed by atoms with Crippen LogP contribution in [-0.4, -0.2) is 39.2 Å². The van der Waals surface area contributed by atoms with E-state index in [4.69, 9.17) is 9.47 Å². The molecule has 1 aliphatic heterocycles. The third kappa shape index (κ3) is 4.38. The van der Waals surface area contributed by atoms with E-state index in [1.165, 1.54) is 11.8 Å². The fourth-order valence-corrected chi connectivity index (χ4v) is 3.62. The molecule has 10 heteroatoms. The lowest BCUT2D eigenvalue weighted by Gasteiger charge is -2.07. The van der Waals surface area contributed by atoms with Gasteiger partial charge in [-0.25, -0.2) is 4.79 Å². The van der Waals surface area contributed by atoms with Crippen molar-refractivity contribution in [3.8, 4) is 22.9 Å². The highest BCUT2D eigenvalue weighted by Crippen LogP contribution is 2.34. The molecule has 0 aliphatic carbocycles. The van der Waals surface area contributed by atoms with Gasteiger partial charge in [0.25, 0.3) is 0 Å². The Bertz CT molecular complexity index is 1110. The average molecular weight is 425 g/mol. The number of carbonyl (C=O) groups excluding carboxylic acids is 2. The molecule has 0 saturated heterocycles. The molecule has 1 aliphatic rings. The van der Waals surface area contributed by atoms with Gasteiger partial charge in [0.15, 0.2) is 22.5 Å². The molecule has 0 radical (unpaired) electrons. The van der Waals surface area contributed by atoms with Gasteiger partial charge in [-0.15, -0.1) is 10.2 Å². The van der Waals surface area contributed by atoms with Crippen molar-refractivity contribution in [1.82, 2.24) is 20.1 Å². The predicted octanol–water partition coefficient (Wildman–Crippen LogP) is 2.96. The molecular weight excluding hydrogens is 406 g/mol. The number of anilines is 1. The summed E-state index contributed by atoms with van der Waals surface area (Å²) in [6, 6.07) is 12.3. The van der Waals surface area contributed by atoms with Gasteiger partial charge in [0.2, 0.25) is 12.7 Å². The van der Waals surface area contributed by atoms with Crippen LogP contribution in [0.4, 0.5) is 10.5 Å². The molecule has 0 saturated carbocycles. The monoisotopic (exact) mass is 425 g/mol. The smallest absolute Gasteiger partial charge is 0.325 e. The minimum absolute atomic E-state index is 0.0222. The number of urea groups is 1. The van der Waals surface area contributed by atoms with E-state index in [1.54, 1.807) is 18.2 Å². The van der Waals surface area contributed by atoms with Crippen molar-refractivity contribution >= 4 is 29.4 Å². The second-order valence-electron chi connectivity index (χ2n) is 6.59. The summed E-state index contributed by atoms with van der Waals surface area (Å²) in [6.07, 6.45) is 0. The van der Waals surface area contributed by atoms with Crippen molar-refractivity contribution in [2.75, 3.05) is 17.9 Å². The molecule has 2 N–H and O–H groups in total. The van der Waals surface area contributed by atoms with Gasteiger partial charge in [-0.1, -0.05) is 35.5 Å². The minimum Gasteiger partial charge on any atom is -0.454 e. The second-order valence-corrected chi connectivity index (χ2v) is 7.54. The molecule has 0 unspecified atom stereocenters. The Labute approximate surface area is 176 Å². The van der Waals surface area contributed by atoms with Crippen LogP contribution in [0.15, 0.2) is 47.6 Å². The number of thioether (sulfide) groups is 1. The van der Waals surface area contributed by atoms with Crippen LogP contribution in [0.5, 0.6) is 11.5 Å². The third-order valence-corrected chi connectivity index (χ3v) is 5.35. The molecule has 30 heavy (non-hydrogen) atoms. The van der Waals surface area contributed by atoms with Crippen LogP contribution in [0, 0.1) is 6.92 Å². The number of benzene rings is 2. The Kier molecular flexibility index (Phi) is 5.57. The molecule has 0 spiro atoms. The Morgan fingerprint density at radius 3 is 2.80 bits per heavy atom. The molecule has 2 aromatic carbocycles. The average Bonchev–Trinajstić information content (AvgIpc) is 3.32. The quantitative estimate of drug-likeness (QED) is 0.605. The van der Waals surface area contributed by atoms with Crippen molar-refractivity contribution in [2.24, 2.45) is 7.05 Å². The maximum Gasteiger partial charge on any atom is 0.325 e. The summed E-state index contributed by atoms with van der Waals surface area (Å²) in [5, 5.41) is 13.8. The van der Waals surface area contributed by atoms with E-state index in [1.807, 2.05) is 42.8 Å². The van der Waals surface area contributed by atoms with Gasteiger partial charge in [0.05, 0.1) is 5.75 Å². The number of amides is 3. The molecule has 0 fully saturated rings. The summed E-state index contributed by atoms with van der Waals surface area (Å²) >= 11 is 1.20. The Morgan fingerprint density at radius 2 is 1.97 bits per heavy atom. The Balaban J connectivity index is 1.31. The highest BCUT2D eigenvalue weighted by molar-refractivity contribution is 7.99. The molecule has 0 bridgehead atoms. The van der Waals surface area contributed by atoms with Gasteiger partial charge in [-0.3, -0.25) is 10.1 Å². The van der Waals surface area contributed by atoms with E-state index >= 15 is 0 Å². The number of hydrogen-bond donors (Lipinski definition) is 2. The summed E-state index contributed by atoms with van der Waals surface area (Å²) in [5.74, 6) is 1.44. The SMILES string of the molecule is Cc1cccc(-c2nnc(SCC(=O)NC(=O)Nc3ccc4c(c3)OCO4)n2C)c1. The lowest BCUT2D eigenvalue weighted by molar-refractivity contribution is -0.117. The van der Waals surface area contributed by atoms with Gasteiger partial charge in [-0.05, 0) is 25.1 Å². The molecule has 3 aromatic rings. The highest BCUT2D eigenvalue weighted by atomic mass is 32.2. The Hall–Kier alpha value is -3.53. The normalized spacial score (nSPS) is 11.9. The van der Waals surface area contributed by atoms with Crippen molar-refractivity contribution in [2.45, 2.75) is 12.1 Å². The van der Waals surface area contributed by atoms with E-state index in [2.05, 4.69) is 20.8 Å². The van der Waals surface area contributed by atoms with Crippen LogP contribution >= 0.6 is 11.8 Å². The summed E-state index contributed by atoms with van der Waals surface area (Å²) < 4.78 is 12.3. The number of ether oxygens (including phenoxy) is 2. The summed E-state index contributed by atoms with van der Waals surface area (Å²) in [7, 11) is 1.84. The number of imide groups is 1. The fraction of sp³-hybridized carbons (Fsp3) is 0.200. The number of rotatable bonds is 5. The van der Waals surface area contributed by atoms with Crippen LogP contribution in [0.25, 0.3) is 11.4 Å². The predicted molar refractivity (Wildman–Crippen MR) is 112 cm³/mol. The van der Waals surface area contributed by atoms with Crippen molar-refractivity contribution in [3.05, 3.63) is 48.0 Å². The molecule has 154 valence electrons. The zero-order valence-corrected chi connectivity index (χ0v) is 17.2. The number of nitrogens with one attached hydrogen (secondary N) is 2. The van der Waals surface area contributed by atoms with Gasteiger partial charge in [0, 0.05) is 24.4 Å². The lowest BCUT2D eigenvalue weighted by atomic mass is 10.1. The van der Waals surface area contributed by atoms with Gasteiger partial charge < -0.3 is 19.4 Å². The van der Waals surface area contributed by atoms with E-state index < -0.39 is 11.9 Å². The highest BCUT2D eigenvalue weighted by Gasteiger charge is 2.16. The van der Waals surface area contributed by atoms with E-state index in [9.17, 15) is 9.59 Å². The Morgan fingerprint density at radius 1 is 1.13 bits per heavy atom. The van der Waals surface area contributed by atoms with Crippen molar-refractivity contribution in [1.29, 1.82) is 0 Å². The zero-order chi connectivity index (χ0) is 21.1. The summed E-state index contributed by atoms with van der Waals surface area (Å²) in [6.45, 7) is 2.16. The number of carbonyl (C=O) groups is 2. The third-order valence-electron chi connectivity index (χ3n) is 4.33. The van der Waals surface area contributed by atoms with E-state index in [0.717, 1.165) is 11.1 Å². The number of hydrogen-bond acceptors (Lipinski definition) is 7. The first-order valence-corrected chi connectivity index (χ1v) is 10.1. The van der Waals surface area contributed by atoms with Crippen LogP contribution < -0.4 is 20.1 Å². The molecule has 3 amide bonds. The number of aromatic nitrogens is 3. The minimum atomic E-state index is -0.627. The van der Waals surface area contributed by atoms with Crippen molar-refractivity contribution in [3.63, 3.8) is 0 Å². The molecule has 9 nitrogen and oxygen atoms in total. The van der Waals surface area contributed by atoms with E-state index in [0.29, 0.717) is 28.2 Å². The van der Waals surface area contributed by atoms with Crippen molar-refractivity contribution < 1.29 is 19.1 Å².